The van der Waals surface area contributed by atoms with Crippen molar-refractivity contribution in [2.24, 2.45) is 5.84 Å². The van der Waals surface area contributed by atoms with Gasteiger partial charge in [0, 0.05) is 24.8 Å². The van der Waals surface area contributed by atoms with E-state index in [0.717, 1.165) is 5.56 Å². The Balaban J connectivity index is 2.11. The summed E-state index contributed by atoms with van der Waals surface area (Å²) in [5, 5.41) is 0.955. The van der Waals surface area contributed by atoms with E-state index in [4.69, 9.17) is 29.0 Å². The summed E-state index contributed by atoms with van der Waals surface area (Å²) in [5.41, 5.74) is 3.73. The molecule has 0 aliphatic heterocycles. The van der Waals surface area contributed by atoms with Crippen LogP contribution in [0.4, 0.5) is 5.82 Å². The predicted octanol–water partition coefficient (Wildman–Crippen LogP) is 2.95. The molecule has 1 heterocycles. The molecule has 21 heavy (non-hydrogen) atoms. The highest BCUT2D eigenvalue weighted by Crippen LogP contribution is 2.20. The fourth-order valence-electron chi connectivity index (χ4n) is 1.82. The highest BCUT2D eigenvalue weighted by molar-refractivity contribution is 6.33. The standard InChI is InChI=1S/C14H14Cl2N4O/c1-20(8-9-2-4-11(15)5-3-9)14(21)10-6-12(16)13(19-17)18-7-10/h2-7H,8,17H2,1H3,(H,18,19). The van der Waals surface area contributed by atoms with Crippen LogP contribution >= 0.6 is 23.2 Å². The molecule has 0 spiro atoms. The Labute approximate surface area is 132 Å². The van der Waals surface area contributed by atoms with Crippen molar-refractivity contribution in [2.45, 2.75) is 6.54 Å². The summed E-state index contributed by atoms with van der Waals surface area (Å²) in [7, 11) is 1.71. The summed E-state index contributed by atoms with van der Waals surface area (Å²) in [6.07, 6.45) is 1.43. The number of benzene rings is 1. The van der Waals surface area contributed by atoms with Crippen LogP contribution in [0, 0.1) is 0 Å². The maximum atomic E-state index is 12.3. The van der Waals surface area contributed by atoms with Crippen LogP contribution in [0.25, 0.3) is 0 Å². The van der Waals surface area contributed by atoms with Gasteiger partial charge in [-0.15, -0.1) is 0 Å². The zero-order chi connectivity index (χ0) is 15.4. The Kier molecular flexibility index (Phi) is 5.01. The summed E-state index contributed by atoms with van der Waals surface area (Å²) < 4.78 is 0. The minimum Gasteiger partial charge on any atom is -0.337 e. The van der Waals surface area contributed by atoms with Crippen molar-refractivity contribution in [3.63, 3.8) is 0 Å². The van der Waals surface area contributed by atoms with Crippen LogP contribution in [0.5, 0.6) is 0 Å². The molecule has 0 saturated heterocycles. The van der Waals surface area contributed by atoms with E-state index in [2.05, 4.69) is 10.4 Å². The third-order valence-corrected chi connectivity index (χ3v) is 3.44. The summed E-state index contributed by atoms with van der Waals surface area (Å²) in [5.74, 6) is 5.40. The highest BCUT2D eigenvalue weighted by atomic mass is 35.5. The Morgan fingerprint density at radius 3 is 2.57 bits per heavy atom. The van der Waals surface area contributed by atoms with Gasteiger partial charge in [0.05, 0.1) is 10.6 Å². The van der Waals surface area contributed by atoms with Gasteiger partial charge in [0.2, 0.25) is 0 Å². The summed E-state index contributed by atoms with van der Waals surface area (Å²) in [6.45, 7) is 0.463. The molecule has 2 rings (SSSR count). The van der Waals surface area contributed by atoms with Crippen LogP contribution < -0.4 is 11.3 Å². The van der Waals surface area contributed by atoms with E-state index in [1.165, 1.54) is 12.3 Å². The number of halogens is 2. The number of nitrogens with one attached hydrogen (secondary N) is 1. The first-order chi connectivity index (χ1) is 10.0. The number of hydrazine groups is 1. The molecule has 7 heteroatoms. The smallest absolute Gasteiger partial charge is 0.255 e. The number of nitrogens with two attached hydrogens (primary N) is 1. The zero-order valence-corrected chi connectivity index (χ0v) is 12.8. The van der Waals surface area contributed by atoms with E-state index in [9.17, 15) is 4.79 Å². The lowest BCUT2D eigenvalue weighted by atomic mass is 10.2. The van der Waals surface area contributed by atoms with E-state index in [1.807, 2.05) is 12.1 Å². The molecule has 1 amide bonds. The van der Waals surface area contributed by atoms with E-state index in [0.29, 0.717) is 28.0 Å². The molecule has 110 valence electrons. The van der Waals surface area contributed by atoms with Gasteiger partial charge in [0.25, 0.3) is 5.91 Å². The number of amides is 1. The van der Waals surface area contributed by atoms with Gasteiger partial charge in [-0.25, -0.2) is 10.8 Å². The van der Waals surface area contributed by atoms with E-state index in [1.54, 1.807) is 24.1 Å². The van der Waals surface area contributed by atoms with Crippen LogP contribution in [0.15, 0.2) is 36.5 Å². The average molecular weight is 325 g/mol. The number of carbonyl (C=O) groups excluding carboxylic acids is 1. The first-order valence-corrected chi connectivity index (χ1v) is 6.89. The number of hydrogen-bond acceptors (Lipinski definition) is 4. The second-order valence-corrected chi connectivity index (χ2v) is 5.33. The topological polar surface area (TPSA) is 71.2 Å². The minimum absolute atomic E-state index is 0.178. The zero-order valence-electron chi connectivity index (χ0n) is 11.3. The van der Waals surface area contributed by atoms with Crippen LogP contribution in [0.2, 0.25) is 10.0 Å². The van der Waals surface area contributed by atoms with Gasteiger partial charge in [0.15, 0.2) is 5.82 Å². The van der Waals surface area contributed by atoms with Crippen molar-refractivity contribution in [3.05, 3.63) is 57.7 Å². The number of anilines is 1. The van der Waals surface area contributed by atoms with Crippen molar-refractivity contribution in [1.29, 1.82) is 0 Å². The number of carbonyl (C=O) groups is 1. The molecule has 0 aliphatic rings. The largest absolute Gasteiger partial charge is 0.337 e. The maximum Gasteiger partial charge on any atom is 0.255 e. The molecule has 2 aromatic rings. The Hall–Kier alpha value is -1.82. The number of hydrogen-bond donors (Lipinski definition) is 2. The first kappa shape index (κ1) is 15.6. The van der Waals surface area contributed by atoms with Gasteiger partial charge in [-0.05, 0) is 23.8 Å². The number of rotatable bonds is 4. The Morgan fingerprint density at radius 1 is 1.33 bits per heavy atom. The lowest BCUT2D eigenvalue weighted by Gasteiger charge is -2.17. The van der Waals surface area contributed by atoms with Crippen molar-refractivity contribution in [1.82, 2.24) is 9.88 Å². The molecule has 5 nitrogen and oxygen atoms in total. The summed E-state index contributed by atoms with van der Waals surface area (Å²) in [4.78, 5) is 17.9. The second kappa shape index (κ2) is 6.76. The van der Waals surface area contributed by atoms with Crippen LogP contribution in [0.3, 0.4) is 0 Å². The van der Waals surface area contributed by atoms with Gasteiger partial charge >= 0.3 is 0 Å². The number of nitrogens with zero attached hydrogens (tertiary/aromatic N) is 2. The summed E-state index contributed by atoms with van der Waals surface area (Å²) >= 11 is 11.8. The molecule has 0 atom stereocenters. The molecule has 0 radical (unpaired) electrons. The van der Waals surface area contributed by atoms with Gasteiger partial charge < -0.3 is 10.3 Å². The fraction of sp³-hybridized carbons (Fsp3) is 0.143. The lowest BCUT2D eigenvalue weighted by Crippen LogP contribution is -2.26. The molecule has 0 aliphatic carbocycles. The normalized spacial score (nSPS) is 10.3. The molecule has 0 unspecified atom stereocenters. The van der Waals surface area contributed by atoms with Crippen molar-refractivity contribution >= 4 is 34.9 Å². The quantitative estimate of drug-likeness (QED) is 0.670. The summed E-state index contributed by atoms with van der Waals surface area (Å²) in [6, 6.07) is 8.85. The van der Waals surface area contributed by atoms with E-state index in [-0.39, 0.29) is 5.91 Å². The molecule has 1 aromatic carbocycles. The van der Waals surface area contributed by atoms with Crippen molar-refractivity contribution in [3.8, 4) is 0 Å². The predicted molar refractivity (Wildman–Crippen MR) is 84.3 cm³/mol. The van der Waals surface area contributed by atoms with Crippen LogP contribution in [-0.4, -0.2) is 22.8 Å². The third kappa shape index (κ3) is 3.85. The third-order valence-electron chi connectivity index (χ3n) is 2.90. The Bertz CT molecular complexity index is 646. The molecular formula is C14H14Cl2N4O. The monoisotopic (exact) mass is 324 g/mol. The average Bonchev–Trinajstić information content (AvgIpc) is 2.48. The second-order valence-electron chi connectivity index (χ2n) is 4.49. The maximum absolute atomic E-state index is 12.3. The van der Waals surface area contributed by atoms with Crippen molar-refractivity contribution in [2.75, 3.05) is 12.5 Å². The van der Waals surface area contributed by atoms with Crippen LogP contribution in [-0.2, 0) is 6.54 Å². The van der Waals surface area contributed by atoms with Crippen molar-refractivity contribution < 1.29 is 4.79 Å². The number of nitrogen functional groups attached to an aromatic ring is 1. The first-order valence-electron chi connectivity index (χ1n) is 6.13. The Morgan fingerprint density at radius 2 is 2.00 bits per heavy atom. The SMILES string of the molecule is CN(Cc1ccc(Cl)cc1)C(=O)c1cnc(NN)c(Cl)c1. The van der Waals surface area contributed by atoms with Gasteiger partial charge in [-0.2, -0.15) is 0 Å². The lowest BCUT2D eigenvalue weighted by molar-refractivity contribution is 0.0784. The minimum atomic E-state index is -0.178. The molecular weight excluding hydrogens is 311 g/mol. The molecule has 0 saturated carbocycles. The molecule has 0 fully saturated rings. The van der Waals surface area contributed by atoms with Gasteiger partial charge in [0.1, 0.15) is 0 Å². The molecule has 1 aromatic heterocycles. The number of pyridine rings is 1. The number of aromatic nitrogens is 1. The van der Waals surface area contributed by atoms with Crippen LogP contribution in [0.1, 0.15) is 15.9 Å². The molecule has 3 N–H and O–H groups in total. The van der Waals surface area contributed by atoms with Gasteiger partial charge in [-0.3, -0.25) is 4.79 Å². The molecule has 0 bridgehead atoms. The van der Waals surface area contributed by atoms with E-state index >= 15 is 0 Å². The van der Waals surface area contributed by atoms with E-state index < -0.39 is 0 Å². The highest BCUT2D eigenvalue weighted by Gasteiger charge is 2.14. The fourth-order valence-corrected chi connectivity index (χ4v) is 2.16. The van der Waals surface area contributed by atoms with Gasteiger partial charge in [-0.1, -0.05) is 35.3 Å².